The van der Waals surface area contributed by atoms with Crippen molar-refractivity contribution in [3.63, 3.8) is 0 Å². The van der Waals surface area contributed by atoms with Crippen molar-refractivity contribution in [1.29, 1.82) is 0 Å². The molecule has 5 heteroatoms. The molecule has 0 N–H and O–H groups in total. The van der Waals surface area contributed by atoms with Gasteiger partial charge >= 0.3 is 0 Å². The van der Waals surface area contributed by atoms with Crippen LogP contribution in [0.3, 0.4) is 0 Å². The predicted octanol–water partition coefficient (Wildman–Crippen LogP) is 3.05. The molecule has 1 aliphatic rings. The van der Waals surface area contributed by atoms with Gasteiger partial charge in [-0.2, -0.15) is 0 Å². The van der Waals surface area contributed by atoms with E-state index in [1.54, 1.807) is 31.2 Å². The number of para-hydroxylation sites is 3. The van der Waals surface area contributed by atoms with Crippen LogP contribution in [-0.2, 0) is 0 Å². The van der Waals surface area contributed by atoms with Crippen molar-refractivity contribution in [2.75, 3.05) is 38.7 Å². The lowest BCUT2D eigenvalue weighted by Crippen LogP contribution is -2.46. The number of anilines is 1. The van der Waals surface area contributed by atoms with Crippen molar-refractivity contribution in [2.24, 2.45) is 0 Å². The quantitative estimate of drug-likeness (QED) is 0.839. The van der Waals surface area contributed by atoms with Crippen LogP contribution in [0, 0.1) is 0 Å². The Hall–Kier alpha value is -2.69. The van der Waals surface area contributed by atoms with Gasteiger partial charge in [0.2, 0.25) is 0 Å². The summed E-state index contributed by atoms with van der Waals surface area (Å²) in [6.07, 6.45) is -0.0708. The number of ether oxygens (including phenoxy) is 2. The van der Waals surface area contributed by atoms with E-state index in [1.165, 1.54) is 0 Å². The molecule has 1 amide bonds. The molecule has 3 rings (SSSR count). The number of fused-ring (bicyclic) bond motifs is 1. The van der Waals surface area contributed by atoms with Crippen LogP contribution in [-0.4, -0.2) is 50.7 Å². The second kappa shape index (κ2) is 7.47. The summed E-state index contributed by atoms with van der Waals surface area (Å²) in [5.41, 5.74) is 1.68. The van der Waals surface area contributed by atoms with Crippen molar-refractivity contribution in [2.45, 2.75) is 13.0 Å². The number of rotatable bonds is 5. The fourth-order valence-corrected chi connectivity index (χ4v) is 3.19. The van der Waals surface area contributed by atoms with Gasteiger partial charge in [0, 0.05) is 13.6 Å². The van der Waals surface area contributed by atoms with E-state index in [2.05, 4.69) is 17.9 Å². The standard InChI is InChI=1S/C20H24N2O3/c1-4-22-14-15(25-19-12-8-6-10-17(19)22)13-21(2)20(23)16-9-5-7-11-18(16)24-3/h5-12,15H,4,13-14H2,1-3H3. The van der Waals surface area contributed by atoms with Crippen molar-refractivity contribution >= 4 is 11.6 Å². The zero-order chi connectivity index (χ0) is 17.8. The Morgan fingerprint density at radius 1 is 1.24 bits per heavy atom. The van der Waals surface area contributed by atoms with Crippen molar-refractivity contribution in [3.8, 4) is 11.5 Å². The highest BCUT2D eigenvalue weighted by molar-refractivity contribution is 5.96. The molecule has 5 nitrogen and oxygen atoms in total. The minimum absolute atomic E-state index is 0.0667. The third-order valence-corrected chi connectivity index (χ3v) is 4.47. The van der Waals surface area contributed by atoms with Crippen molar-refractivity contribution < 1.29 is 14.3 Å². The smallest absolute Gasteiger partial charge is 0.257 e. The van der Waals surface area contributed by atoms with E-state index in [0.29, 0.717) is 17.9 Å². The third-order valence-electron chi connectivity index (χ3n) is 4.47. The molecule has 25 heavy (non-hydrogen) atoms. The maximum Gasteiger partial charge on any atom is 0.257 e. The number of carbonyl (C=O) groups excluding carboxylic acids is 1. The fourth-order valence-electron chi connectivity index (χ4n) is 3.19. The van der Waals surface area contributed by atoms with E-state index in [-0.39, 0.29) is 12.0 Å². The lowest BCUT2D eigenvalue weighted by Gasteiger charge is -2.37. The summed E-state index contributed by atoms with van der Waals surface area (Å²) in [6.45, 7) is 4.31. The minimum atomic E-state index is -0.0708. The van der Waals surface area contributed by atoms with Gasteiger partial charge in [-0.25, -0.2) is 0 Å². The highest BCUT2D eigenvalue weighted by Gasteiger charge is 2.27. The first-order valence-corrected chi connectivity index (χ1v) is 8.53. The van der Waals surface area contributed by atoms with E-state index >= 15 is 0 Å². The normalized spacial score (nSPS) is 16.0. The number of amides is 1. The second-order valence-electron chi connectivity index (χ2n) is 6.13. The highest BCUT2D eigenvalue weighted by Crippen LogP contribution is 2.33. The van der Waals surface area contributed by atoms with Crippen LogP contribution in [0.15, 0.2) is 48.5 Å². The topological polar surface area (TPSA) is 42.0 Å². The average molecular weight is 340 g/mol. The molecule has 0 aromatic heterocycles. The summed E-state index contributed by atoms with van der Waals surface area (Å²) in [5, 5.41) is 0. The van der Waals surface area contributed by atoms with Crippen LogP contribution in [0.5, 0.6) is 11.5 Å². The average Bonchev–Trinajstić information content (AvgIpc) is 2.66. The van der Waals surface area contributed by atoms with Crippen LogP contribution in [0.25, 0.3) is 0 Å². The Morgan fingerprint density at radius 2 is 1.96 bits per heavy atom. The molecule has 1 unspecified atom stereocenters. The molecule has 0 saturated heterocycles. The Morgan fingerprint density at radius 3 is 2.72 bits per heavy atom. The number of hydrogen-bond donors (Lipinski definition) is 0. The Labute approximate surface area is 148 Å². The zero-order valence-electron chi connectivity index (χ0n) is 14.9. The number of nitrogens with zero attached hydrogens (tertiary/aromatic N) is 2. The molecule has 1 aliphatic heterocycles. The highest BCUT2D eigenvalue weighted by atomic mass is 16.5. The summed E-state index contributed by atoms with van der Waals surface area (Å²) >= 11 is 0. The fraction of sp³-hybridized carbons (Fsp3) is 0.350. The first kappa shape index (κ1) is 17.1. The van der Waals surface area contributed by atoms with Gasteiger partial charge < -0.3 is 19.3 Å². The maximum absolute atomic E-state index is 12.8. The van der Waals surface area contributed by atoms with Gasteiger partial charge in [0.15, 0.2) is 0 Å². The maximum atomic E-state index is 12.8. The number of methoxy groups -OCH3 is 1. The van der Waals surface area contributed by atoms with E-state index in [9.17, 15) is 4.79 Å². The molecule has 2 aromatic rings. The molecule has 0 saturated carbocycles. The number of carbonyl (C=O) groups is 1. The molecule has 1 heterocycles. The Kier molecular flexibility index (Phi) is 5.12. The van der Waals surface area contributed by atoms with Gasteiger partial charge in [-0.3, -0.25) is 4.79 Å². The zero-order valence-corrected chi connectivity index (χ0v) is 14.9. The van der Waals surface area contributed by atoms with Gasteiger partial charge in [-0.05, 0) is 31.2 Å². The molecule has 0 spiro atoms. The summed E-state index contributed by atoms with van der Waals surface area (Å²) < 4.78 is 11.4. The molecule has 0 radical (unpaired) electrons. The number of likely N-dealkylation sites (N-methyl/N-ethyl adjacent to an activating group) is 2. The third kappa shape index (κ3) is 3.55. The van der Waals surface area contributed by atoms with Crippen LogP contribution >= 0.6 is 0 Å². The first-order chi connectivity index (χ1) is 12.1. The van der Waals surface area contributed by atoms with Gasteiger partial charge in [0.05, 0.1) is 31.5 Å². The SMILES string of the molecule is CCN1CC(CN(C)C(=O)c2ccccc2OC)Oc2ccccc21. The number of benzene rings is 2. The van der Waals surface area contributed by atoms with E-state index in [4.69, 9.17) is 9.47 Å². The molecular formula is C20H24N2O3. The van der Waals surface area contributed by atoms with E-state index in [0.717, 1.165) is 24.5 Å². The molecule has 1 atom stereocenters. The summed E-state index contributed by atoms with van der Waals surface area (Å²) in [5.74, 6) is 1.39. The van der Waals surface area contributed by atoms with Gasteiger partial charge in [0.1, 0.15) is 17.6 Å². The number of hydrogen-bond acceptors (Lipinski definition) is 4. The minimum Gasteiger partial charge on any atom is -0.496 e. The van der Waals surface area contributed by atoms with Crippen molar-refractivity contribution in [1.82, 2.24) is 4.90 Å². The van der Waals surface area contributed by atoms with Crippen LogP contribution in [0.2, 0.25) is 0 Å². The van der Waals surface area contributed by atoms with Crippen LogP contribution < -0.4 is 14.4 Å². The lowest BCUT2D eigenvalue weighted by molar-refractivity contribution is 0.0706. The van der Waals surface area contributed by atoms with Crippen LogP contribution in [0.4, 0.5) is 5.69 Å². The molecule has 0 fully saturated rings. The van der Waals surface area contributed by atoms with Crippen LogP contribution in [0.1, 0.15) is 17.3 Å². The van der Waals surface area contributed by atoms with Gasteiger partial charge in [0.25, 0.3) is 5.91 Å². The predicted molar refractivity (Wildman–Crippen MR) is 98.7 cm³/mol. The molecule has 132 valence electrons. The summed E-state index contributed by atoms with van der Waals surface area (Å²) in [7, 11) is 3.38. The Bertz CT molecular complexity index is 747. The molecule has 0 aliphatic carbocycles. The first-order valence-electron chi connectivity index (χ1n) is 8.53. The summed E-state index contributed by atoms with van der Waals surface area (Å²) in [6, 6.07) is 15.3. The molecule has 0 bridgehead atoms. The second-order valence-corrected chi connectivity index (χ2v) is 6.13. The molecule has 2 aromatic carbocycles. The largest absolute Gasteiger partial charge is 0.496 e. The monoisotopic (exact) mass is 340 g/mol. The van der Waals surface area contributed by atoms with E-state index in [1.807, 2.05) is 30.3 Å². The lowest BCUT2D eigenvalue weighted by atomic mass is 10.1. The van der Waals surface area contributed by atoms with Gasteiger partial charge in [-0.1, -0.05) is 24.3 Å². The van der Waals surface area contributed by atoms with Crippen molar-refractivity contribution in [3.05, 3.63) is 54.1 Å². The summed E-state index contributed by atoms with van der Waals surface area (Å²) in [4.78, 5) is 16.8. The van der Waals surface area contributed by atoms with Gasteiger partial charge in [-0.15, -0.1) is 0 Å². The van der Waals surface area contributed by atoms with E-state index < -0.39 is 0 Å². The Balaban J connectivity index is 1.73. The molecular weight excluding hydrogens is 316 g/mol.